The number of pyridine rings is 1. The Kier molecular flexibility index (Phi) is 5.66. The number of rotatable bonds is 6. The third kappa shape index (κ3) is 4.71. The van der Waals surface area contributed by atoms with Gasteiger partial charge < -0.3 is 10.4 Å². The molecule has 0 saturated carbocycles. The van der Waals surface area contributed by atoms with Crippen molar-refractivity contribution in [2.45, 2.75) is 6.42 Å². The molecule has 3 rings (SSSR count). The number of anilines is 2. The van der Waals surface area contributed by atoms with E-state index < -0.39 is 5.97 Å². The summed E-state index contributed by atoms with van der Waals surface area (Å²) in [4.78, 5) is 14.9. The number of aliphatic carboxylic acids is 1. The molecule has 1 aromatic heterocycles. The summed E-state index contributed by atoms with van der Waals surface area (Å²) in [6.45, 7) is 0. The summed E-state index contributed by atoms with van der Waals surface area (Å²) in [5.74, 6) is -0.488. The van der Waals surface area contributed by atoms with Crippen molar-refractivity contribution >= 4 is 35.2 Å². The van der Waals surface area contributed by atoms with Crippen LogP contribution in [0, 0.1) is 0 Å². The van der Waals surface area contributed by atoms with Gasteiger partial charge in [-0.15, -0.1) is 0 Å². The lowest BCUT2D eigenvalue weighted by Crippen LogP contribution is -1.99. The van der Waals surface area contributed by atoms with E-state index in [0.29, 0.717) is 16.4 Å². The van der Waals surface area contributed by atoms with E-state index >= 15 is 0 Å². The molecule has 3 aromatic rings. The Labute approximate surface area is 156 Å². The Hall–Kier alpha value is -3.11. The highest BCUT2D eigenvalue weighted by atomic mass is 35.5. The van der Waals surface area contributed by atoms with Crippen molar-refractivity contribution in [2.75, 3.05) is 5.32 Å². The molecule has 5 heteroatoms. The number of hydrogen-bond acceptors (Lipinski definition) is 3. The summed E-state index contributed by atoms with van der Waals surface area (Å²) in [7, 11) is 0. The Morgan fingerprint density at radius 2 is 1.85 bits per heavy atom. The van der Waals surface area contributed by atoms with Crippen LogP contribution in [0.25, 0.3) is 6.08 Å². The van der Waals surface area contributed by atoms with E-state index in [1.165, 1.54) is 11.6 Å². The standard InChI is InChI=1S/C21H17ClN2O2/c22-18-13-16(10-11-20(25)26)14-23-21(18)24-19-9-5-4-8-17(19)12-15-6-2-1-3-7-15/h1-11,13-14H,12H2,(H,23,24)(H,25,26)/b11-10+. The molecule has 0 radical (unpaired) electrons. The first-order valence-electron chi connectivity index (χ1n) is 8.07. The van der Waals surface area contributed by atoms with Crippen LogP contribution in [0.1, 0.15) is 16.7 Å². The van der Waals surface area contributed by atoms with Gasteiger partial charge in [0.05, 0.1) is 5.02 Å². The number of hydrogen-bond donors (Lipinski definition) is 2. The van der Waals surface area contributed by atoms with Crippen molar-refractivity contribution in [3.63, 3.8) is 0 Å². The molecule has 0 saturated heterocycles. The second kappa shape index (κ2) is 8.32. The number of halogens is 1. The minimum Gasteiger partial charge on any atom is -0.478 e. The first-order chi connectivity index (χ1) is 12.6. The summed E-state index contributed by atoms with van der Waals surface area (Å²) in [6, 6.07) is 19.9. The first-order valence-corrected chi connectivity index (χ1v) is 8.45. The topological polar surface area (TPSA) is 62.2 Å². The molecule has 0 aliphatic rings. The van der Waals surface area contributed by atoms with Crippen LogP contribution in [0.5, 0.6) is 0 Å². The van der Waals surface area contributed by atoms with Gasteiger partial charge in [-0.05, 0) is 41.3 Å². The van der Waals surface area contributed by atoms with Crippen molar-refractivity contribution in [1.29, 1.82) is 0 Å². The van der Waals surface area contributed by atoms with E-state index in [-0.39, 0.29) is 0 Å². The van der Waals surface area contributed by atoms with Gasteiger partial charge in [-0.1, -0.05) is 60.1 Å². The summed E-state index contributed by atoms with van der Waals surface area (Å²) >= 11 is 6.30. The molecule has 0 atom stereocenters. The van der Waals surface area contributed by atoms with Crippen LogP contribution in [0.2, 0.25) is 5.02 Å². The molecule has 1 heterocycles. The molecule has 4 nitrogen and oxygen atoms in total. The Morgan fingerprint density at radius 1 is 1.12 bits per heavy atom. The molecule has 0 aliphatic heterocycles. The predicted octanol–water partition coefficient (Wildman–Crippen LogP) is 5.17. The summed E-state index contributed by atoms with van der Waals surface area (Å²) in [6.07, 6.45) is 4.87. The molecule has 130 valence electrons. The van der Waals surface area contributed by atoms with Gasteiger partial charge in [0.2, 0.25) is 0 Å². The van der Waals surface area contributed by atoms with Crippen LogP contribution >= 0.6 is 11.6 Å². The molecule has 0 unspecified atom stereocenters. The fraction of sp³-hybridized carbons (Fsp3) is 0.0476. The second-order valence-corrected chi connectivity index (χ2v) is 6.12. The third-order valence-corrected chi connectivity index (χ3v) is 4.08. The van der Waals surface area contributed by atoms with Crippen LogP contribution < -0.4 is 5.32 Å². The zero-order valence-electron chi connectivity index (χ0n) is 13.9. The van der Waals surface area contributed by atoms with Crippen LogP contribution in [0.15, 0.2) is 72.9 Å². The summed E-state index contributed by atoms with van der Waals surface area (Å²) in [5, 5.41) is 12.4. The van der Waals surface area contributed by atoms with Crippen LogP contribution in [0.3, 0.4) is 0 Å². The first kappa shape index (κ1) is 17.7. The van der Waals surface area contributed by atoms with Crippen LogP contribution in [-0.4, -0.2) is 16.1 Å². The smallest absolute Gasteiger partial charge is 0.328 e. The molecule has 0 spiro atoms. The van der Waals surface area contributed by atoms with Gasteiger partial charge in [-0.25, -0.2) is 9.78 Å². The molecule has 2 N–H and O–H groups in total. The maximum atomic E-state index is 10.6. The molecule has 26 heavy (non-hydrogen) atoms. The van der Waals surface area contributed by atoms with Crippen molar-refractivity contribution < 1.29 is 9.90 Å². The molecule has 0 aliphatic carbocycles. The van der Waals surface area contributed by atoms with Crippen LogP contribution in [-0.2, 0) is 11.2 Å². The predicted molar refractivity (Wildman–Crippen MR) is 105 cm³/mol. The molecular formula is C21H17ClN2O2. The van der Waals surface area contributed by atoms with Crippen molar-refractivity contribution in [2.24, 2.45) is 0 Å². The van der Waals surface area contributed by atoms with E-state index in [1.54, 1.807) is 12.3 Å². The number of nitrogens with one attached hydrogen (secondary N) is 1. The summed E-state index contributed by atoms with van der Waals surface area (Å²) < 4.78 is 0. The molecule has 0 amide bonds. The van der Waals surface area contributed by atoms with E-state index in [2.05, 4.69) is 28.5 Å². The van der Waals surface area contributed by atoms with Gasteiger partial charge in [0.15, 0.2) is 0 Å². The van der Waals surface area contributed by atoms with E-state index in [1.807, 2.05) is 36.4 Å². The van der Waals surface area contributed by atoms with Crippen molar-refractivity contribution in [3.05, 3.63) is 94.6 Å². The minimum atomic E-state index is -1.02. The Morgan fingerprint density at radius 3 is 2.58 bits per heavy atom. The zero-order valence-corrected chi connectivity index (χ0v) is 14.6. The number of aromatic nitrogens is 1. The van der Waals surface area contributed by atoms with Crippen molar-refractivity contribution in [1.82, 2.24) is 4.98 Å². The quantitative estimate of drug-likeness (QED) is 0.592. The maximum absolute atomic E-state index is 10.6. The average Bonchev–Trinajstić information content (AvgIpc) is 2.64. The lowest BCUT2D eigenvalue weighted by molar-refractivity contribution is -0.131. The van der Waals surface area contributed by atoms with Gasteiger partial charge in [0, 0.05) is 18.0 Å². The third-order valence-electron chi connectivity index (χ3n) is 3.79. The highest BCUT2D eigenvalue weighted by molar-refractivity contribution is 6.33. The maximum Gasteiger partial charge on any atom is 0.328 e. The number of carboxylic acids is 1. The molecule has 0 fully saturated rings. The monoisotopic (exact) mass is 364 g/mol. The van der Waals surface area contributed by atoms with Crippen LogP contribution in [0.4, 0.5) is 11.5 Å². The fourth-order valence-electron chi connectivity index (χ4n) is 2.54. The lowest BCUT2D eigenvalue weighted by atomic mass is 10.0. The Bertz CT molecular complexity index is 940. The van der Waals surface area contributed by atoms with Crippen molar-refractivity contribution in [3.8, 4) is 0 Å². The van der Waals surface area contributed by atoms with Gasteiger partial charge in [0.1, 0.15) is 5.82 Å². The van der Waals surface area contributed by atoms with E-state index in [0.717, 1.165) is 23.7 Å². The molecular weight excluding hydrogens is 348 g/mol. The SMILES string of the molecule is O=C(O)/C=C/c1cnc(Nc2ccccc2Cc2ccccc2)c(Cl)c1. The normalized spacial score (nSPS) is 10.8. The zero-order chi connectivity index (χ0) is 18.4. The van der Waals surface area contributed by atoms with E-state index in [9.17, 15) is 4.79 Å². The van der Waals surface area contributed by atoms with E-state index in [4.69, 9.17) is 16.7 Å². The lowest BCUT2D eigenvalue weighted by Gasteiger charge is -2.13. The highest BCUT2D eigenvalue weighted by Gasteiger charge is 2.07. The highest BCUT2D eigenvalue weighted by Crippen LogP contribution is 2.27. The number of carboxylic acid groups (broad SMARTS) is 1. The van der Waals surface area contributed by atoms with Gasteiger partial charge in [0.25, 0.3) is 0 Å². The fourth-order valence-corrected chi connectivity index (χ4v) is 2.77. The number of carbonyl (C=O) groups is 1. The number of benzene rings is 2. The summed E-state index contributed by atoms with van der Waals surface area (Å²) in [5.41, 5.74) is 3.90. The Balaban J connectivity index is 1.82. The molecule has 2 aromatic carbocycles. The minimum absolute atomic E-state index is 0.423. The number of nitrogens with zero attached hydrogens (tertiary/aromatic N) is 1. The van der Waals surface area contributed by atoms with Gasteiger partial charge in [-0.2, -0.15) is 0 Å². The average molecular weight is 365 g/mol. The second-order valence-electron chi connectivity index (χ2n) is 5.72. The van der Waals surface area contributed by atoms with Gasteiger partial charge in [-0.3, -0.25) is 0 Å². The number of para-hydroxylation sites is 1. The molecule has 0 bridgehead atoms. The largest absolute Gasteiger partial charge is 0.478 e. The van der Waals surface area contributed by atoms with Gasteiger partial charge >= 0.3 is 5.97 Å².